The Labute approximate surface area is 203 Å². The van der Waals surface area contributed by atoms with Crippen LogP contribution in [0.3, 0.4) is 0 Å². The summed E-state index contributed by atoms with van der Waals surface area (Å²) in [6.07, 6.45) is 1.61. The number of hydrogen-bond donors (Lipinski definition) is 1. The Bertz CT molecular complexity index is 1220. The molecule has 1 fully saturated rings. The van der Waals surface area contributed by atoms with E-state index in [0.29, 0.717) is 18.3 Å². The van der Waals surface area contributed by atoms with E-state index in [0.717, 1.165) is 47.0 Å². The van der Waals surface area contributed by atoms with E-state index in [-0.39, 0.29) is 11.8 Å². The predicted octanol–water partition coefficient (Wildman–Crippen LogP) is 5.74. The van der Waals surface area contributed by atoms with Gasteiger partial charge in [-0.1, -0.05) is 77.6 Å². The van der Waals surface area contributed by atoms with Gasteiger partial charge in [0, 0.05) is 21.3 Å². The van der Waals surface area contributed by atoms with Gasteiger partial charge in [-0.3, -0.25) is 9.69 Å². The number of hydrogen-bond acceptors (Lipinski definition) is 6. The van der Waals surface area contributed by atoms with Crippen molar-refractivity contribution in [3.8, 4) is 11.4 Å². The lowest BCUT2D eigenvalue weighted by Crippen LogP contribution is -2.37. The van der Waals surface area contributed by atoms with Crippen molar-refractivity contribution in [1.82, 2.24) is 15.0 Å². The molecule has 172 valence electrons. The molecule has 4 aromatic rings. The van der Waals surface area contributed by atoms with E-state index in [1.54, 1.807) is 11.8 Å². The Morgan fingerprint density at radius 3 is 2.38 bits per heavy atom. The number of aromatic nitrogens is 2. The van der Waals surface area contributed by atoms with Crippen molar-refractivity contribution in [3.63, 3.8) is 0 Å². The Morgan fingerprint density at radius 2 is 1.62 bits per heavy atom. The van der Waals surface area contributed by atoms with Gasteiger partial charge >= 0.3 is 0 Å². The molecule has 34 heavy (non-hydrogen) atoms. The SMILES string of the molecule is O=C(Nc1ccccc1Sc1ccccc1)C1CCN(Cc2nc(-c3ccccc3)no2)CC1. The maximum atomic E-state index is 13.0. The van der Waals surface area contributed by atoms with Crippen LogP contribution in [0.4, 0.5) is 5.69 Å². The number of anilines is 1. The van der Waals surface area contributed by atoms with Crippen LogP contribution in [0.15, 0.2) is 99.2 Å². The molecule has 1 aliphatic rings. The van der Waals surface area contributed by atoms with Gasteiger partial charge in [0.25, 0.3) is 0 Å². The van der Waals surface area contributed by atoms with E-state index in [1.165, 1.54) is 0 Å². The molecule has 1 amide bonds. The molecule has 0 atom stereocenters. The van der Waals surface area contributed by atoms with Crippen molar-refractivity contribution in [3.05, 3.63) is 90.8 Å². The van der Waals surface area contributed by atoms with Gasteiger partial charge in [-0.2, -0.15) is 4.98 Å². The van der Waals surface area contributed by atoms with E-state index >= 15 is 0 Å². The van der Waals surface area contributed by atoms with Crippen molar-refractivity contribution in [2.75, 3.05) is 18.4 Å². The Kier molecular flexibility index (Phi) is 7.02. The van der Waals surface area contributed by atoms with E-state index in [2.05, 4.69) is 32.5 Å². The van der Waals surface area contributed by atoms with Gasteiger partial charge in [0.15, 0.2) is 0 Å². The summed E-state index contributed by atoms with van der Waals surface area (Å²) in [5.41, 5.74) is 1.81. The van der Waals surface area contributed by atoms with E-state index in [4.69, 9.17) is 4.52 Å². The molecule has 2 heterocycles. The highest BCUT2D eigenvalue weighted by molar-refractivity contribution is 7.99. The summed E-state index contributed by atoms with van der Waals surface area (Å²) in [6, 6.07) is 28.0. The first-order valence-electron chi connectivity index (χ1n) is 11.5. The first-order chi connectivity index (χ1) is 16.7. The Morgan fingerprint density at radius 1 is 0.941 bits per heavy atom. The minimum atomic E-state index is -0.00593. The Hall–Kier alpha value is -3.42. The number of nitrogens with zero attached hydrogens (tertiary/aromatic N) is 3. The third-order valence-electron chi connectivity index (χ3n) is 5.93. The molecule has 0 bridgehead atoms. The lowest BCUT2D eigenvalue weighted by molar-refractivity contribution is -0.121. The van der Waals surface area contributed by atoms with Gasteiger partial charge in [-0.15, -0.1) is 0 Å². The van der Waals surface area contributed by atoms with Crippen LogP contribution in [0.5, 0.6) is 0 Å². The second-order valence-electron chi connectivity index (χ2n) is 8.33. The highest BCUT2D eigenvalue weighted by atomic mass is 32.2. The highest BCUT2D eigenvalue weighted by Crippen LogP contribution is 2.34. The number of nitrogens with one attached hydrogen (secondary N) is 1. The topological polar surface area (TPSA) is 71.3 Å². The van der Waals surface area contributed by atoms with Crippen molar-refractivity contribution in [2.45, 2.75) is 29.2 Å². The van der Waals surface area contributed by atoms with E-state index in [9.17, 15) is 4.79 Å². The number of piperidine rings is 1. The largest absolute Gasteiger partial charge is 0.338 e. The number of benzene rings is 3. The van der Waals surface area contributed by atoms with E-state index < -0.39 is 0 Å². The average Bonchev–Trinajstić information content (AvgIpc) is 3.35. The molecule has 0 saturated carbocycles. The molecule has 1 N–H and O–H groups in total. The fraction of sp³-hybridized carbons (Fsp3) is 0.222. The fourth-order valence-electron chi connectivity index (χ4n) is 4.08. The molecule has 7 heteroatoms. The monoisotopic (exact) mass is 470 g/mol. The van der Waals surface area contributed by atoms with Gasteiger partial charge in [0.05, 0.1) is 12.2 Å². The zero-order valence-corrected chi connectivity index (χ0v) is 19.6. The number of rotatable bonds is 7. The van der Waals surface area contributed by atoms with Gasteiger partial charge in [0.2, 0.25) is 17.6 Å². The maximum Gasteiger partial charge on any atom is 0.241 e. The molecule has 0 spiro atoms. The molecule has 6 nitrogen and oxygen atoms in total. The molecule has 3 aromatic carbocycles. The average molecular weight is 471 g/mol. The van der Waals surface area contributed by atoms with Crippen LogP contribution in [0, 0.1) is 5.92 Å². The maximum absolute atomic E-state index is 13.0. The zero-order valence-electron chi connectivity index (χ0n) is 18.8. The summed E-state index contributed by atoms with van der Waals surface area (Å²) in [6.45, 7) is 2.24. The van der Waals surface area contributed by atoms with Crippen LogP contribution in [0.1, 0.15) is 18.7 Å². The molecule has 1 aromatic heterocycles. The number of carbonyl (C=O) groups excluding carboxylic acids is 1. The van der Waals surface area contributed by atoms with E-state index in [1.807, 2.05) is 72.8 Å². The minimum absolute atomic E-state index is 0.00593. The Balaban J connectivity index is 1.15. The normalized spacial score (nSPS) is 14.7. The van der Waals surface area contributed by atoms with Crippen molar-refractivity contribution >= 4 is 23.4 Å². The summed E-state index contributed by atoms with van der Waals surface area (Å²) in [7, 11) is 0. The summed E-state index contributed by atoms with van der Waals surface area (Å²) < 4.78 is 5.45. The van der Waals surface area contributed by atoms with Gasteiger partial charge in [-0.05, 0) is 50.2 Å². The van der Waals surface area contributed by atoms with Crippen molar-refractivity contribution < 1.29 is 9.32 Å². The van der Waals surface area contributed by atoms with Gasteiger partial charge < -0.3 is 9.84 Å². The minimum Gasteiger partial charge on any atom is -0.338 e. The van der Waals surface area contributed by atoms with Crippen LogP contribution >= 0.6 is 11.8 Å². The first-order valence-corrected chi connectivity index (χ1v) is 12.3. The smallest absolute Gasteiger partial charge is 0.241 e. The van der Waals surface area contributed by atoms with Crippen LogP contribution in [0.2, 0.25) is 0 Å². The fourth-order valence-corrected chi connectivity index (χ4v) is 5.00. The molecule has 1 saturated heterocycles. The summed E-state index contributed by atoms with van der Waals surface area (Å²) in [5, 5.41) is 7.27. The zero-order chi connectivity index (χ0) is 23.2. The molecule has 1 aliphatic heterocycles. The summed E-state index contributed by atoms with van der Waals surface area (Å²) in [4.78, 5) is 22.0. The standard InChI is InChI=1S/C27H26N4O2S/c32-27(28-23-13-7-8-14-24(23)34-22-11-5-2-6-12-22)21-15-17-31(18-16-21)19-25-29-26(30-33-25)20-9-3-1-4-10-20/h1-14,21H,15-19H2,(H,28,32). The van der Waals surface area contributed by atoms with Gasteiger partial charge in [0.1, 0.15) is 0 Å². The van der Waals surface area contributed by atoms with Crippen molar-refractivity contribution in [2.24, 2.45) is 5.92 Å². The molecule has 5 rings (SSSR count). The van der Waals surface area contributed by atoms with Crippen LogP contribution in [-0.4, -0.2) is 34.0 Å². The molecule has 0 radical (unpaired) electrons. The number of para-hydroxylation sites is 1. The third-order valence-corrected chi connectivity index (χ3v) is 7.02. The number of amides is 1. The lowest BCUT2D eigenvalue weighted by Gasteiger charge is -2.30. The molecule has 0 unspecified atom stereocenters. The number of carbonyl (C=O) groups is 1. The second kappa shape index (κ2) is 10.7. The summed E-state index contributed by atoms with van der Waals surface area (Å²) in [5.74, 6) is 1.30. The molecular weight excluding hydrogens is 444 g/mol. The summed E-state index contributed by atoms with van der Waals surface area (Å²) >= 11 is 1.66. The molecule has 0 aliphatic carbocycles. The number of likely N-dealkylation sites (tertiary alicyclic amines) is 1. The van der Waals surface area contributed by atoms with Crippen LogP contribution < -0.4 is 5.32 Å². The second-order valence-corrected chi connectivity index (χ2v) is 9.44. The highest BCUT2D eigenvalue weighted by Gasteiger charge is 2.26. The van der Waals surface area contributed by atoms with Crippen LogP contribution in [-0.2, 0) is 11.3 Å². The lowest BCUT2D eigenvalue weighted by atomic mass is 9.96. The van der Waals surface area contributed by atoms with Gasteiger partial charge in [-0.25, -0.2) is 0 Å². The van der Waals surface area contributed by atoms with Crippen LogP contribution in [0.25, 0.3) is 11.4 Å². The first kappa shape index (κ1) is 22.4. The predicted molar refractivity (Wildman–Crippen MR) is 133 cm³/mol. The molecular formula is C27H26N4O2S. The quantitative estimate of drug-likeness (QED) is 0.371. The van der Waals surface area contributed by atoms with Crippen molar-refractivity contribution in [1.29, 1.82) is 0 Å². The third kappa shape index (κ3) is 5.55.